The van der Waals surface area contributed by atoms with Crippen LogP contribution < -0.4 is 9.64 Å². The number of ether oxygens (including phenoxy) is 5. The van der Waals surface area contributed by atoms with Gasteiger partial charge in [0.15, 0.2) is 6.61 Å². The number of amides is 2. The lowest BCUT2D eigenvalue weighted by Crippen LogP contribution is -2.45. The van der Waals surface area contributed by atoms with Crippen molar-refractivity contribution in [2.24, 2.45) is 0 Å². The van der Waals surface area contributed by atoms with Gasteiger partial charge in [0.05, 0.1) is 5.69 Å². The van der Waals surface area contributed by atoms with Gasteiger partial charge in [0.25, 0.3) is 5.91 Å². The fraction of sp³-hybridized carbons (Fsp3) is 0.565. The first-order chi connectivity index (χ1) is 15.3. The van der Waals surface area contributed by atoms with Gasteiger partial charge in [-0.15, -0.1) is 0 Å². The Hall–Kier alpha value is -2.82. The second-order valence-electron chi connectivity index (χ2n) is 10.1. The van der Waals surface area contributed by atoms with E-state index >= 15 is 0 Å². The van der Waals surface area contributed by atoms with Gasteiger partial charge in [-0.25, -0.2) is 19.3 Å². The highest BCUT2D eigenvalue weighted by Crippen LogP contribution is 2.35. The molecule has 190 valence electrons. The summed E-state index contributed by atoms with van der Waals surface area (Å²) in [5.74, 6) is 0.0314. The van der Waals surface area contributed by atoms with Crippen molar-refractivity contribution in [3.8, 4) is 5.75 Å². The molecule has 2 amide bonds. The Morgan fingerprint density at radius 1 is 0.853 bits per heavy atom. The third-order valence-electron chi connectivity index (χ3n) is 3.29. The van der Waals surface area contributed by atoms with Gasteiger partial charge in [-0.3, -0.25) is 4.79 Å². The SMILES string of the molecule is CC(C)(C)OC(=O)N1C(=O)COc2cc(Br)ccc21.CC(C)(C)OC(=O)OC(=O)OC(C)(C)C. The number of benzene rings is 1. The summed E-state index contributed by atoms with van der Waals surface area (Å²) in [6.07, 6.45) is -2.81. The van der Waals surface area contributed by atoms with E-state index in [1.807, 2.05) is 0 Å². The van der Waals surface area contributed by atoms with Crippen LogP contribution in [0.2, 0.25) is 0 Å². The second kappa shape index (κ2) is 11.1. The molecule has 1 aliphatic rings. The smallest absolute Gasteiger partial charge is 0.481 e. The first kappa shape index (κ1) is 29.2. The molecule has 11 heteroatoms. The highest BCUT2D eigenvalue weighted by Gasteiger charge is 2.34. The van der Waals surface area contributed by atoms with Gasteiger partial charge >= 0.3 is 18.4 Å². The Kier molecular flexibility index (Phi) is 9.51. The Labute approximate surface area is 207 Å². The van der Waals surface area contributed by atoms with Crippen LogP contribution in [0.5, 0.6) is 5.75 Å². The van der Waals surface area contributed by atoms with Crippen molar-refractivity contribution in [3.05, 3.63) is 22.7 Å². The molecule has 0 aromatic heterocycles. The van der Waals surface area contributed by atoms with Crippen LogP contribution in [-0.2, 0) is 23.7 Å². The first-order valence-corrected chi connectivity index (χ1v) is 11.2. The number of nitrogens with zero attached hydrogens (tertiary/aromatic N) is 1. The number of halogens is 1. The van der Waals surface area contributed by atoms with Gasteiger partial charge in [-0.2, -0.15) is 0 Å². The normalized spacial score (nSPS) is 13.5. The Balaban J connectivity index is 0.000000352. The van der Waals surface area contributed by atoms with E-state index in [4.69, 9.17) is 18.9 Å². The van der Waals surface area contributed by atoms with Crippen molar-refractivity contribution in [2.45, 2.75) is 79.1 Å². The van der Waals surface area contributed by atoms with Gasteiger partial charge in [-0.05, 0) is 80.5 Å². The minimum absolute atomic E-state index is 0.178. The fourth-order valence-electron chi connectivity index (χ4n) is 2.24. The number of fused-ring (bicyclic) bond motifs is 1. The maximum atomic E-state index is 12.1. The predicted octanol–water partition coefficient (Wildman–Crippen LogP) is 5.98. The Morgan fingerprint density at radius 2 is 1.32 bits per heavy atom. The number of hydrogen-bond acceptors (Lipinski definition) is 9. The zero-order chi connectivity index (χ0) is 26.5. The maximum absolute atomic E-state index is 12.1. The van der Waals surface area contributed by atoms with E-state index in [2.05, 4.69) is 20.7 Å². The van der Waals surface area contributed by atoms with Crippen molar-refractivity contribution < 1.29 is 42.9 Å². The van der Waals surface area contributed by atoms with Gasteiger partial charge in [0.1, 0.15) is 22.6 Å². The molecule has 1 aliphatic heterocycles. The summed E-state index contributed by atoms with van der Waals surface area (Å²) in [6.45, 7) is 15.1. The van der Waals surface area contributed by atoms with Crippen molar-refractivity contribution in [2.75, 3.05) is 11.5 Å². The van der Waals surface area contributed by atoms with Crippen LogP contribution in [0.15, 0.2) is 22.7 Å². The number of carbonyl (C=O) groups is 4. The van der Waals surface area contributed by atoms with Crippen LogP contribution in [0.1, 0.15) is 62.3 Å². The van der Waals surface area contributed by atoms with Crippen LogP contribution >= 0.6 is 15.9 Å². The lowest BCUT2D eigenvalue weighted by molar-refractivity contribution is -0.121. The summed E-state index contributed by atoms with van der Waals surface area (Å²) in [5, 5.41) is 0. The standard InChI is InChI=1S/C13H14BrNO4.C10H18O5/c1-13(2,3)19-12(17)15-9-5-4-8(14)6-10(9)18-7-11(15)16;1-9(2,3)14-7(11)13-8(12)15-10(4,5)6/h4-6H,7H2,1-3H3;1-6H3. The van der Waals surface area contributed by atoms with E-state index in [1.54, 1.807) is 80.5 Å². The molecule has 0 unspecified atom stereocenters. The van der Waals surface area contributed by atoms with Crippen LogP contribution in [0.3, 0.4) is 0 Å². The fourth-order valence-corrected chi connectivity index (χ4v) is 2.58. The van der Waals surface area contributed by atoms with Crippen molar-refractivity contribution in [1.29, 1.82) is 0 Å². The van der Waals surface area contributed by atoms with E-state index in [0.717, 1.165) is 9.37 Å². The topological polar surface area (TPSA) is 118 Å². The maximum Gasteiger partial charge on any atom is 0.519 e. The molecule has 0 bridgehead atoms. The summed E-state index contributed by atoms with van der Waals surface area (Å²) in [7, 11) is 0. The monoisotopic (exact) mass is 545 g/mol. The summed E-state index contributed by atoms with van der Waals surface area (Å²) in [6, 6.07) is 5.08. The minimum Gasteiger partial charge on any atom is -0.481 e. The molecule has 0 spiro atoms. The molecule has 1 aromatic carbocycles. The Bertz CT molecular complexity index is 898. The molecule has 0 saturated carbocycles. The molecule has 0 radical (unpaired) electrons. The largest absolute Gasteiger partial charge is 0.519 e. The van der Waals surface area contributed by atoms with Gasteiger partial charge < -0.3 is 23.7 Å². The third kappa shape index (κ3) is 10.9. The zero-order valence-electron chi connectivity index (χ0n) is 20.9. The molecule has 0 N–H and O–H groups in total. The molecule has 34 heavy (non-hydrogen) atoms. The Morgan fingerprint density at radius 3 is 1.76 bits per heavy atom. The predicted molar refractivity (Wildman–Crippen MR) is 127 cm³/mol. The van der Waals surface area contributed by atoms with Crippen molar-refractivity contribution in [1.82, 2.24) is 0 Å². The molecule has 1 aromatic rings. The van der Waals surface area contributed by atoms with Crippen LogP contribution in [0.25, 0.3) is 0 Å². The number of carbonyl (C=O) groups excluding carboxylic acids is 4. The van der Waals surface area contributed by atoms with Crippen molar-refractivity contribution in [3.63, 3.8) is 0 Å². The number of hydrogen-bond donors (Lipinski definition) is 0. The average Bonchev–Trinajstić information content (AvgIpc) is 2.57. The highest BCUT2D eigenvalue weighted by atomic mass is 79.9. The lowest BCUT2D eigenvalue weighted by atomic mass is 10.2. The summed E-state index contributed by atoms with van der Waals surface area (Å²) in [5.41, 5.74) is -1.66. The van der Waals surface area contributed by atoms with Gasteiger partial charge in [0, 0.05) is 4.47 Å². The molecule has 10 nitrogen and oxygen atoms in total. The molecule has 0 aliphatic carbocycles. The quantitative estimate of drug-likeness (QED) is 0.220. The van der Waals surface area contributed by atoms with E-state index in [1.165, 1.54) is 0 Å². The minimum atomic E-state index is -1.06. The van der Waals surface area contributed by atoms with E-state index in [-0.39, 0.29) is 6.61 Å². The molecule has 1 heterocycles. The van der Waals surface area contributed by atoms with Crippen LogP contribution in [0.4, 0.5) is 20.1 Å². The molecular weight excluding hydrogens is 514 g/mol. The van der Waals surface area contributed by atoms with Gasteiger partial charge in [-0.1, -0.05) is 15.9 Å². The number of anilines is 1. The zero-order valence-corrected chi connectivity index (χ0v) is 22.5. The molecule has 2 rings (SSSR count). The number of imide groups is 1. The van der Waals surface area contributed by atoms with E-state index in [0.29, 0.717) is 11.4 Å². The number of rotatable bonds is 0. The summed E-state index contributed by atoms with van der Waals surface area (Å²) >= 11 is 3.31. The lowest BCUT2D eigenvalue weighted by Gasteiger charge is -2.30. The van der Waals surface area contributed by atoms with E-state index in [9.17, 15) is 19.2 Å². The second-order valence-corrected chi connectivity index (χ2v) is 11.1. The summed E-state index contributed by atoms with van der Waals surface area (Å²) in [4.78, 5) is 47.0. The molecule has 0 fully saturated rings. The van der Waals surface area contributed by atoms with Crippen LogP contribution in [0, 0.1) is 0 Å². The average molecular weight is 546 g/mol. The molecular formula is C23H32BrNO9. The molecule has 0 atom stereocenters. The first-order valence-electron chi connectivity index (χ1n) is 10.4. The van der Waals surface area contributed by atoms with E-state index < -0.39 is 41.1 Å². The summed E-state index contributed by atoms with van der Waals surface area (Å²) < 4.78 is 25.1. The third-order valence-corrected chi connectivity index (χ3v) is 3.78. The van der Waals surface area contributed by atoms with Gasteiger partial charge in [0.2, 0.25) is 0 Å². The van der Waals surface area contributed by atoms with Crippen LogP contribution in [-0.4, -0.2) is 47.7 Å². The highest BCUT2D eigenvalue weighted by molar-refractivity contribution is 9.10. The van der Waals surface area contributed by atoms with Crippen molar-refractivity contribution >= 4 is 45.9 Å². The molecule has 0 saturated heterocycles.